The van der Waals surface area contributed by atoms with Crippen LogP contribution in [-0.2, 0) is 11.3 Å². The summed E-state index contributed by atoms with van der Waals surface area (Å²) in [5, 5.41) is 9.36. The Bertz CT molecular complexity index is 464. The minimum atomic E-state index is -4.52. The van der Waals surface area contributed by atoms with Crippen LogP contribution in [0, 0.1) is 5.92 Å². The van der Waals surface area contributed by atoms with E-state index in [1.54, 1.807) is 30.3 Å². The number of nitrogens with zero attached hydrogens (tertiary/aromatic N) is 1. The molecule has 0 spiro atoms. The van der Waals surface area contributed by atoms with E-state index < -0.39 is 30.8 Å². The van der Waals surface area contributed by atoms with Crippen molar-refractivity contribution in [3.63, 3.8) is 0 Å². The monoisotopic (exact) mass is 289 g/mol. The summed E-state index contributed by atoms with van der Waals surface area (Å²) in [5.74, 6) is -1.91. The first-order valence-electron chi connectivity index (χ1n) is 6.08. The highest BCUT2D eigenvalue weighted by atomic mass is 19.4. The van der Waals surface area contributed by atoms with E-state index in [0.29, 0.717) is 0 Å². The smallest absolute Gasteiger partial charge is 0.410 e. The summed E-state index contributed by atoms with van der Waals surface area (Å²) in [6.07, 6.45) is -6.97. The van der Waals surface area contributed by atoms with Crippen molar-refractivity contribution >= 4 is 6.09 Å². The van der Waals surface area contributed by atoms with Crippen molar-refractivity contribution in [2.45, 2.75) is 18.9 Å². The predicted octanol–water partition coefficient (Wildman–Crippen LogP) is 2.18. The summed E-state index contributed by atoms with van der Waals surface area (Å²) in [5.41, 5.74) is 0.743. The third kappa shape index (κ3) is 3.41. The highest BCUT2D eigenvalue weighted by Crippen LogP contribution is 2.34. The van der Waals surface area contributed by atoms with Crippen molar-refractivity contribution in [3.8, 4) is 0 Å². The topological polar surface area (TPSA) is 49.8 Å². The number of carbonyl (C=O) groups is 1. The number of rotatable bonds is 2. The molecule has 1 aromatic rings. The van der Waals surface area contributed by atoms with E-state index >= 15 is 0 Å². The molecule has 1 saturated heterocycles. The van der Waals surface area contributed by atoms with Gasteiger partial charge in [0.2, 0.25) is 0 Å². The number of amides is 1. The SMILES string of the molecule is O=C(OCc1ccccc1)N1CC(O)C(C(F)(F)F)C1. The molecule has 0 saturated carbocycles. The first-order chi connectivity index (χ1) is 9.38. The van der Waals surface area contributed by atoms with E-state index in [9.17, 15) is 23.1 Å². The van der Waals surface area contributed by atoms with Gasteiger partial charge in [0.15, 0.2) is 0 Å². The van der Waals surface area contributed by atoms with Crippen LogP contribution in [0.4, 0.5) is 18.0 Å². The summed E-state index contributed by atoms with van der Waals surface area (Å²) in [6, 6.07) is 8.82. The highest BCUT2D eigenvalue weighted by molar-refractivity contribution is 5.68. The number of benzene rings is 1. The summed E-state index contributed by atoms with van der Waals surface area (Å²) in [6.45, 7) is -0.945. The first kappa shape index (κ1) is 14.6. The molecule has 0 bridgehead atoms. The van der Waals surface area contributed by atoms with Gasteiger partial charge >= 0.3 is 12.3 Å². The Morgan fingerprint density at radius 2 is 1.95 bits per heavy atom. The van der Waals surface area contributed by atoms with Gasteiger partial charge in [-0.2, -0.15) is 13.2 Å². The van der Waals surface area contributed by atoms with Crippen LogP contribution in [0.5, 0.6) is 0 Å². The number of carbonyl (C=O) groups excluding carboxylic acids is 1. The van der Waals surface area contributed by atoms with Gasteiger partial charge in [-0.25, -0.2) is 4.79 Å². The zero-order chi connectivity index (χ0) is 14.8. The van der Waals surface area contributed by atoms with Crippen LogP contribution < -0.4 is 0 Å². The van der Waals surface area contributed by atoms with Crippen LogP contribution in [0.25, 0.3) is 0 Å². The number of β-amino-alcohol motifs (C(OH)–C–C–N with tert-alkyl or cyclic N) is 1. The van der Waals surface area contributed by atoms with Gasteiger partial charge < -0.3 is 14.7 Å². The molecule has 2 rings (SSSR count). The van der Waals surface area contributed by atoms with Crippen molar-refractivity contribution in [1.29, 1.82) is 0 Å². The lowest BCUT2D eigenvalue weighted by Gasteiger charge is -2.17. The number of hydrogen-bond donors (Lipinski definition) is 1. The average Bonchev–Trinajstić information content (AvgIpc) is 2.79. The second-order valence-electron chi connectivity index (χ2n) is 4.66. The van der Waals surface area contributed by atoms with Crippen LogP contribution in [0.15, 0.2) is 30.3 Å². The maximum absolute atomic E-state index is 12.6. The Kier molecular flexibility index (Phi) is 4.17. The van der Waals surface area contributed by atoms with E-state index in [0.717, 1.165) is 10.5 Å². The molecule has 1 fully saturated rings. The zero-order valence-electron chi connectivity index (χ0n) is 10.5. The minimum Gasteiger partial charge on any atom is -0.445 e. The lowest BCUT2D eigenvalue weighted by atomic mass is 10.1. The van der Waals surface area contributed by atoms with E-state index in [4.69, 9.17) is 4.74 Å². The average molecular weight is 289 g/mol. The van der Waals surface area contributed by atoms with Crippen LogP contribution in [0.3, 0.4) is 0 Å². The molecule has 1 amide bonds. The van der Waals surface area contributed by atoms with Gasteiger partial charge in [-0.1, -0.05) is 30.3 Å². The fourth-order valence-electron chi connectivity index (χ4n) is 2.07. The number of hydrogen-bond acceptors (Lipinski definition) is 3. The van der Waals surface area contributed by atoms with Gasteiger partial charge in [0, 0.05) is 6.54 Å². The Labute approximate surface area is 113 Å². The van der Waals surface area contributed by atoms with Crippen molar-refractivity contribution in [2.75, 3.05) is 13.1 Å². The van der Waals surface area contributed by atoms with E-state index in [-0.39, 0.29) is 13.2 Å². The van der Waals surface area contributed by atoms with E-state index in [1.807, 2.05) is 0 Å². The van der Waals surface area contributed by atoms with Gasteiger partial charge in [-0.05, 0) is 5.56 Å². The second-order valence-corrected chi connectivity index (χ2v) is 4.66. The molecule has 0 aliphatic carbocycles. The van der Waals surface area contributed by atoms with Crippen LogP contribution in [-0.4, -0.2) is 41.5 Å². The van der Waals surface area contributed by atoms with Gasteiger partial charge in [0.1, 0.15) is 12.5 Å². The van der Waals surface area contributed by atoms with Crippen molar-refractivity contribution in [3.05, 3.63) is 35.9 Å². The maximum atomic E-state index is 12.6. The zero-order valence-corrected chi connectivity index (χ0v) is 10.5. The van der Waals surface area contributed by atoms with Crippen LogP contribution in [0.1, 0.15) is 5.56 Å². The maximum Gasteiger partial charge on any atom is 0.410 e. The Morgan fingerprint density at radius 1 is 1.30 bits per heavy atom. The molecule has 1 aromatic carbocycles. The molecule has 110 valence electrons. The number of alkyl halides is 3. The third-order valence-corrected chi connectivity index (χ3v) is 3.17. The van der Waals surface area contributed by atoms with Crippen molar-refractivity contribution in [2.24, 2.45) is 5.92 Å². The normalized spacial score (nSPS) is 22.9. The highest BCUT2D eigenvalue weighted by Gasteiger charge is 2.50. The Hall–Kier alpha value is -1.76. The fraction of sp³-hybridized carbons (Fsp3) is 0.462. The summed E-state index contributed by atoms with van der Waals surface area (Å²) < 4.78 is 42.6. The third-order valence-electron chi connectivity index (χ3n) is 3.17. The second kappa shape index (κ2) is 5.70. The summed E-state index contributed by atoms with van der Waals surface area (Å²) in [4.78, 5) is 12.5. The van der Waals surface area contributed by atoms with Crippen molar-refractivity contribution < 1.29 is 27.8 Å². The first-order valence-corrected chi connectivity index (χ1v) is 6.08. The molecule has 0 aromatic heterocycles. The van der Waals surface area contributed by atoms with E-state index in [2.05, 4.69) is 0 Å². The molecule has 4 nitrogen and oxygen atoms in total. The molecule has 1 heterocycles. The van der Waals surface area contributed by atoms with Crippen LogP contribution in [0.2, 0.25) is 0 Å². The lowest BCUT2D eigenvalue weighted by molar-refractivity contribution is -0.188. The van der Waals surface area contributed by atoms with Gasteiger partial charge in [-0.3, -0.25) is 0 Å². The van der Waals surface area contributed by atoms with E-state index in [1.165, 1.54) is 0 Å². The molecule has 7 heteroatoms. The molecule has 0 radical (unpaired) electrons. The van der Waals surface area contributed by atoms with Crippen LogP contribution >= 0.6 is 0 Å². The molecular weight excluding hydrogens is 275 g/mol. The summed E-state index contributed by atoms with van der Waals surface area (Å²) in [7, 11) is 0. The Morgan fingerprint density at radius 3 is 2.50 bits per heavy atom. The number of aliphatic hydroxyl groups is 1. The minimum absolute atomic E-state index is 0.0110. The summed E-state index contributed by atoms with van der Waals surface area (Å²) >= 11 is 0. The number of likely N-dealkylation sites (tertiary alicyclic amines) is 1. The molecule has 20 heavy (non-hydrogen) atoms. The standard InChI is InChI=1S/C13H14F3NO3/c14-13(15,16)10-6-17(7-11(10)18)12(19)20-8-9-4-2-1-3-5-9/h1-5,10-11,18H,6-8H2. The van der Waals surface area contributed by atoms with Crippen molar-refractivity contribution in [1.82, 2.24) is 4.90 Å². The van der Waals surface area contributed by atoms with Gasteiger partial charge in [0.25, 0.3) is 0 Å². The number of ether oxygens (including phenoxy) is 1. The number of halogens is 3. The Balaban J connectivity index is 1.88. The van der Waals surface area contributed by atoms with Gasteiger partial charge in [0.05, 0.1) is 12.6 Å². The molecule has 2 unspecified atom stereocenters. The molecule has 1 aliphatic heterocycles. The number of aliphatic hydroxyl groups excluding tert-OH is 1. The van der Waals surface area contributed by atoms with Gasteiger partial charge in [-0.15, -0.1) is 0 Å². The molecule has 1 N–H and O–H groups in total. The predicted molar refractivity (Wildman–Crippen MR) is 63.8 cm³/mol. The molecule has 2 atom stereocenters. The quantitative estimate of drug-likeness (QED) is 0.908. The lowest BCUT2D eigenvalue weighted by Crippen LogP contribution is -2.33. The molecule has 1 aliphatic rings. The molecular formula is C13H14F3NO3. The largest absolute Gasteiger partial charge is 0.445 e. The fourth-order valence-corrected chi connectivity index (χ4v) is 2.07.